The molecule has 1 aliphatic heterocycles. The van der Waals surface area contributed by atoms with E-state index in [1.807, 2.05) is 30.3 Å². The van der Waals surface area contributed by atoms with Crippen LogP contribution in [0, 0.1) is 32.6 Å². The van der Waals surface area contributed by atoms with E-state index in [9.17, 15) is 0 Å². The van der Waals surface area contributed by atoms with Crippen LogP contribution in [0.2, 0.25) is 0 Å². The zero-order valence-corrected chi connectivity index (χ0v) is 29.9. The van der Waals surface area contributed by atoms with Crippen molar-refractivity contribution in [3.05, 3.63) is 235 Å². The number of H-pyrrole nitrogens is 4. The first kappa shape index (κ1) is 32.0. The Morgan fingerprint density at radius 3 is 1.15 bits per heavy atom. The van der Waals surface area contributed by atoms with Crippen LogP contribution in [0.5, 0.6) is 0 Å². The molecule has 53 heavy (non-hydrogen) atoms. The van der Waals surface area contributed by atoms with Gasteiger partial charge in [-0.2, -0.15) is 0 Å². The number of aromatic nitrogens is 4. The van der Waals surface area contributed by atoms with Gasteiger partial charge in [0, 0.05) is 55.4 Å². The number of hydrogen-bond acceptors (Lipinski definition) is 0. The molecule has 4 aromatic carbocycles. The molecule has 8 aromatic rings. The highest BCUT2D eigenvalue weighted by molar-refractivity contribution is 5.84. The highest BCUT2D eigenvalue weighted by Gasteiger charge is 2.17. The summed E-state index contributed by atoms with van der Waals surface area (Å²) in [5.74, 6) is 6.98. The van der Waals surface area contributed by atoms with E-state index in [1.165, 1.54) is 16.7 Å². The van der Waals surface area contributed by atoms with Crippen LogP contribution < -0.4 is 21.4 Å². The summed E-state index contributed by atoms with van der Waals surface area (Å²) >= 11 is 0. The van der Waals surface area contributed by atoms with Crippen molar-refractivity contribution in [2.75, 3.05) is 0 Å². The van der Waals surface area contributed by atoms with Crippen LogP contribution in [0.25, 0.3) is 22.3 Å². The maximum absolute atomic E-state index is 3.87. The van der Waals surface area contributed by atoms with Crippen molar-refractivity contribution in [1.29, 1.82) is 0 Å². The smallest absolute Gasteiger partial charge is 0.0719 e. The highest BCUT2D eigenvalue weighted by atomic mass is 14.8. The van der Waals surface area contributed by atoms with Crippen molar-refractivity contribution in [2.24, 2.45) is 0 Å². The summed E-state index contributed by atoms with van der Waals surface area (Å²) in [6.07, 6.45) is 0. The Hall–Kier alpha value is -6.96. The third kappa shape index (κ3) is 6.20. The molecule has 0 spiro atoms. The van der Waals surface area contributed by atoms with Crippen LogP contribution in [0.4, 0.5) is 0 Å². The van der Waals surface area contributed by atoms with Gasteiger partial charge in [0.25, 0.3) is 0 Å². The Balaban J connectivity index is 1.40. The standard InChI is InChI=1S/C49H38N4/c1-31-9-16-35(17-10-31)47-41-25-23-39(50-41)38(22-15-34-7-5-4-6-8-34)40-24-26-42(51-40)48(36-18-11-32(2)12-19-36)44-28-30-46(53-44)49(45-29-27-43(47)52-45)37-20-13-33(3)14-21-37/h4-14,16-21,23-30,50-53H,1-3H3. The number of nitrogens with one attached hydrogen (secondary N) is 4. The third-order valence-electron chi connectivity index (χ3n) is 10.0. The molecule has 1 aliphatic rings. The fourth-order valence-corrected chi connectivity index (χ4v) is 7.21. The minimum absolute atomic E-state index is 0.888. The third-order valence-corrected chi connectivity index (χ3v) is 10.0. The van der Waals surface area contributed by atoms with E-state index in [0.29, 0.717) is 0 Å². The van der Waals surface area contributed by atoms with Crippen LogP contribution in [0.15, 0.2) is 152 Å². The molecule has 0 radical (unpaired) electrons. The number of fused-ring (bicyclic) bond motifs is 8. The molecule has 0 fully saturated rings. The number of aryl methyl sites for hydroxylation is 3. The van der Waals surface area contributed by atoms with Crippen LogP contribution in [0.3, 0.4) is 0 Å². The lowest BCUT2D eigenvalue weighted by atomic mass is 10.0. The van der Waals surface area contributed by atoms with E-state index in [4.69, 9.17) is 0 Å². The lowest BCUT2D eigenvalue weighted by Crippen LogP contribution is -2.18. The number of hydrogen-bond donors (Lipinski definition) is 4. The average molecular weight is 683 g/mol. The summed E-state index contributed by atoms with van der Waals surface area (Å²) in [5.41, 5.74) is 16.1. The first-order valence-corrected chi connectivity index (χ1v) is 18.0. The zero-order chi connectivity index (χ0) is 35.9. The van der Waals surface area contributed by atoms with E-state index in [-0.39, 0.29) is 0 Å². The predicted octanol–water partition coefficient (Wildman–Crippen LogP) is 7.23. The van der Waals surface area contributed by atoms with Gasteiger partial charge in [0.1, 0.15) is 0 Å². The van der Waals surface area contributed by atoms with Gasteiger partial charge in [0.15, 0.2) is 0 Å². The number of benzene rings is 4. The maximum atomic E-state index is 3.87. The van der Waals surface area contributed by atoms with Crippen molar-refractivity contribution in [3.63, 3.8) is 0 Å². The second kappa shape index (κ2) is 13.3. The van der Waals surface area contributed by atoms with Gasteiger partial charge in [-0.1, -0.05) is 120 Å². The summed E-state index contributed by atoms with van der Waals surface area (Å²) in [6, 6.07) is 53.8. The van der Waals surface area contributed by atoms with E-state index in [2.05, 4.69) is 174 Å². The average Bonchev–Trinajstić information content (AvgIpc) is 4.02. The lowest BCUT2D eigenvalue weighted by molar-refractivity contribution is 1.19. The second-order valence-electron chi connectivity index (χ2n) is 13.9. The Kier molecular flexibility index (Phi) is 8.03. The van der Waals surface area contributed by atoms with Crippen molar-refractivity contribution < 1.29 is 0 Å². The fourth-order valence-electron chi connectivity index (χ4n) is 7.21. The largest absolute Gasteiger partial charge is 0.354 e. The van der Waals surface area contributed by atoms with E-state index < -0.39 is 0 Å². The lowest BCUT2D eigenvalue weighted by Gasteiger charge is -2.09. The SMILES string of the molecule is Cc1ccc(C2=c3ccc([nH]3)=C(C#Cc3ccccc3)c3ccc([nH]3)C(c3ccc(C)cc3)=c3ccc([nH]3)=C(c3ccc(C)cc3)c3ccc2[nH]3)cc1. The molecular weight excluding hydrogens is 645 g/mol. The van der Waals surface area contributed by atoms with Crippen LogP contribution in [-0.4, -0.2) is 19.9 Å². The van der Waals surface area contributed by atoms with Crippen molar-refractivity contribution in [2.45, 2.75) is 20.8 Å². The number of aromatic amines is 4. The Morgan fingerprint density at radius 1 is 0.321 bits per heavy atom. The first-order chi connectivity index (χ1) is 26.0. The fraction of sp³-hybridized carbons (Fsp3) is 0.0612. The molecule has 0 unspecified atom stereocenters. The molecule has 4 heteroatoms. The minimum Gasteiger partial charge on any atom is -0.354 e. The molecule has 9 rings (SSSR count). The second-order valence-corrected chi connectivity index (χ2v) is 13.9. The molecule has 0 saturated heterocycles. The Morgan fingerprint density at radius 2 is 0.698 bits per heavy atom. The molecule has 0 atom stereocenters. The zero-order valence-electron chi connectivity index (χ0n) is 29.9. The van der Waals surface area contributed by atoms with Gasteiger partial charge in [-0.15, -0.1) is 0 Å². The van der Waals surface area contributed by atoms with Gasteiger partial charge in [0.05, 0.1) is 16.6 Å². The van der Waals surface area contributed by atoms with Crippen LogP contribution >= 0.6 is 0 Å². The summed E-state index contributed by atoms with van der Waals surface area (Å²) in [6.45, 7) is 6.38. The molecule has 0 saturated carbocycles. The van der Waals surface area contributed by atoms with Crippen molar-refractivity contribution in [3.8, 4) is 11.8 Å². The Bertz CT molecular complexity index is 2930. The minimum atomic E-state index is 0.888. The quantitative estimate of drug-likeness (QED) is 0.142. The van der Waals surface area contributed by atoms with Gasteiger partial charge in [-0.25, -0.2) is 0 Å². The van der Waals surface area contributed by atoms with Crippen molar-refractivity contribution in [1.82, 2.24) is 19.9 Å². The van der Waals surface area contributed by atoms with Crippen LogP contribution in [-0.2, 0) is 0 Å². The molecule has 0 amide bonds. The molecule has 0 aliphatic carbocycles. The molecular formula is C49H38N4. The van der Waals surface area contributed by atoms with Gasteiger partial charge >= 0.3 is 0 Å². The summed E-state index contributed by atoms with van der Waals surface area (Å²) in [4.78, 5) is 15.3. The normalized spacial score (nSPS) is 12.5. The first-order valence-electron chi connectivity index (χ1n) is 18.0. The molecule has 4 nitrogen and oxygen atoms in total. The molecule has 4 aromatic heterocycles. The molecule has 5 heterocycles. The maximum Gasteiger partial charge on any atom is 0.0719 e. The molecule has 8 bridgehead atoms. The Labute approximate surface area is 308 Å². The van der Waals surface area contributed by atoms with E-state index in [1.54, 1.807) is 0 Å². The monoisotopic (exact) mass is 682 g/mol. The van der Waals surface area contributed by atoms with Crippen LogP contribution in [0.1, 0.15) is 61.7 Å². The molecule has 254 valence electrons. The van der Waals surface area contributed by atoms with E-state index >= 15 is 0 Å². The van der Waals surface area contributed by atoms with Gasteiger partial charge in [0.2, 0.25) is 0 Å². The van der Waals surface area contributed by atoms with Gasteiger partial charge in [-0.05, 0) is 98.1 Å². The predicted molar refractivity (Wildman–Crippen MR) is 216 cm³/mol. The highest BCUT2D eigenvalue weighted by Crippen LogP contribution is 2.27. The summed E-state index contributed by atoms with van der Waals surface area (Å²) in [7, 11) is 0. The van der Waals surface area contributed by atoms with Gasteiger partial charge < -0.3 is 19.9 Å². The summed E-state index contributed by atoms with van der Waals surface area (Å²) < 4.78 is 0. The topological polar surface area (TPSA) is 63.2 Å². The number of rotatable bonds is 3. The summed E-state index contributed by atoms with van der Waals surface area (Å²) in [5, 5.41) is 3.99. The van der Waals surface area contributed by atoms with Gasteiger partial charge in [-0.3, -0.25) is 0 Å². The van der Waals surface area contributed by atoms with Crippen molar-refractivity contribution >= 4 is 22.3 Å². The molecule has 4 N–H and O–H groups in total. The van der Waals surface area contributed by atoms with E-state index in [0.717, 1.165) is 88.7 Å².